The lowest BCUT2D eigenvalue weighted by atomic mass is 10.1. The Labute approximate surface area is 98.7 Å². The van der Waals surface area contributed by atoms with E-state index in [0.717, 1.165) is 5.39 Å². The zero-order valence-electron chi connectivity index (χ0n) is 9.81. The van der Waals surface area contributed by atoms with Crippen LogP contribution in [0.2, 0.25) is 0 Å². The number of pyridine rings is 1. The standard InChI is InChI=1S/C13H14N2O2/c1-8(2)15-11(12(14)16)7-9-5-3-4-6-10(9)13(15)17/h3-8H,1-2H3,(H2,14,16). The lowest BCUT2D eigenvalue weighted by Gasteiger charge is -2.15. The first-order valence-corrected chi connectivity index (χ1v) is 5.46. The Morgan fingerprint density at radius 2 is 1.94 bits per heavy atom. The highest BCUT2D eigenvalue weighted by atomic mass is 16.2. The fourth-order valence-electron chi connectivity index (χ4n) is 1.98. The van der Waals surface area contributed by atoms with Crippen molar-refractivity contribution in [2.24, 2.45) is 5.73 Å². The zero-order chi connectivity index (χ0) is 12.6. The number of fused-ring (bicyclic) bond motifs is 1. The number of rotatable bonds is 2. The van der Waals surface area contributed by atoms with Gasteiger partial charge >= 0.3 is 0 Å². The second-order valence-corrected chi connectivity index (χ2v) is 4.25. The Hall–Kier alpha value is -2.10. The van der Waals surface area contributed by atoms with Crippen molar-refractivity contribution < 1.29 is 4.79 Å². The van der Waals surface area contributed by atoms with E-state index in [9.17, 15) is 9.59 Å². The van der Waals surface area contributed by atoms with Gasteiger partial charge in [0.05, 0.1) is 0 Å². The molecule has 1 heterocycles. The monoisotopic (exact) mass is 230 g/mol. The molecule has 17 heavy (non-hydrogen) atoms. The Morgan fingerprint density at radius 1 is 1.29 bits per heavy atom. The Kier molecular flexibility index (Phi) is 2.71. The number of aromatic nitrogens is 1. The number of primary amides is 1. The van der Waals surface area contributed by atoms with Crippen LogP contribution in [0.25, 0.3) is 10.8 Å². The van der Waals surface area contributed by atoms with Crippen molar-refractivity contribution in [3.63, 3.8) is 0 Å². The molecule has 1 aromatic carbocycles. The highest BCUT2D eigenvalue weighted by molar-refractivity contribution is 5.95. The predicted octanol–water partition coefficient (Wildman–Crippen LogP) is 1.68. The van der Waals surface area contributed by atoms with Gasteiger partial charge in [0.25, 0.3) is 11.5 Å². The van der Waals surface area contributed by atoms with E-state index < -0.39 is 5.91 Å². The van der Waals surface area contributed by atoms with Crippen LogP contribution in [-0.4, -0.2) is 10.5 Å². The third kappa shape index (κ3) is 1.82. The molecule has 0 bridgehead atoms. The molecule has 0 atom stereocenters. The topological polar surface area (TPSA) is 65.1 Å². The van der Waals surface area contributed by atoms with Gasteiger partial charge in [-0.15, -0.1) is 0 Å². The van der Waals surface area contributed by atoms with Crippen LogP contribution < -0.4 is 11.3 Å². The summed E-state index contributed by atoms with van der Waals surface area (Å²) in [7, 11) is 0. The molecule has 0 saturated heterocycles. The van der Waals surface area contributed by atoms with Crippen molar-refractivity contribution in [1.82, 2.24) is 4.57 Å². The molecule has 0 aliphatic carbocycles. The van der Waals surface area contributed by atoms with E-state index in [1.807, 2.05) is 19.9 Å². The maximum absolute atomic E-state index is 12.3. The van der Waals surface area contributed by atoms with Gasteiger partial charge in [-0.05, 0) is 31.4 Å². The molecule has 4 nitrogen and oxygen atoms in total. The van der Waals surface area contributed by atoms with E-state index in [1.165, 1.54) is 4.57 Å². The van der Waals surface area contributed by atoms with Gasteiger partial charge in [-0.2, -0.15) is 0 Å². The fourth-order valence-corrected chi connectivity index (χ4v) is 1.98. The van der Waals surface area contributed by atoms with E-state index in [2.05, 4.69) is 0 Å². The van der Waals surface area contributed by atoms with Crippen molar-refractivity contribution in [3.8, 4) is 0 Å². The first kappa shape index (κ1) is 11.4. The first-order chi connectivity index (χ1) is 8.02. The molecule has 0 saturated carbocycles. The molecule has 0 radical (unpaired) electrons. The van der Waals surface area contributed by atoms with Crippen LogP contribution in [0.5, 0.6) is 0 Å². The smallest absolute Gasteiger partial charge is 0.265 e. The van der Waals surface area contributed by atoms with Crippen LogP contribution in [-0.2, 0) is 0 Å². The number of nitrogens with zero attached hydrogens (tertiary/aromatic N) is 1. The molecule has 0 unspecified atom stereocenters. The molecule has 1 aromatic heterocycles. The van der Waals surface area contributed by atoms with Gasteiger partial charge in [0, 0.05) is 11.4 Å². The second-order valence-electron chi connectivity index (χ2n) is 4.25. The average molecular weight is 230 g/mol. The Bertz CT molecular complexity index is 641. The highest BCUT2D eigenvalue weighted by Crippen LogP contribution is 2.14. The van der Waals surface area contributed by atoms with Gasteiger partial charge in [0.15, 0.2) is 0 Å². The van der Waals surface area contributed by atoms with E-state index in [1.54, 1.807) is 24.3 Å². The quantitative estimate of drug-likeness (QED) is 0.853. The Balaban J connectivity index is 2.94. The van der Waals surface area contributed by atoms with Gasteiger partial charge in [0.2, 0.25) is 0 Å². The molecule has 2 rings (SSSR count). The number of amides is 1. The van der Waals surface area contributed by atoms with E-state index in [-0.39, 0.29) is 17.3 Å². The van der Waals surface area contributed by atoms with Gasteiger partial charge in [-0.3, -0.25) is 9.59 Å². The summed E-state index contributed by atoms with van der Waals surface area (Å²) in [5.41, 5.74) is 5.39. The van der Waals surface area contributed by atoms with Crippen LogP contribution in [0.15, 0.2) is 35.1 Å². The minimum atomic E-state index is -0.582. The van der Waals surface area contributed by atoms with Crippen LogP contribution in [0, 0.1) is 0 Å². The third-order valence-electron chi connectivity index (χ3n) is 2.73. The van der Waals surface area contributed by atoms with E-state index >= 15 is 0 Å². The molecule has 0 fully saturated rings. The zero-order valence-corrected chi connectivity index (χ0v) is 9.81. The maximum atomic E-state index is 12.3. The summed E-state index contributed by atoms with van der Waals surface area (Å²) in [6, 6.07) is 8.74. The number of carbonyl (C=O) groups is 1. The molecule has 2 aromatic rings. The van der Waals surface area contributed by atoms with Crippen LogP contribution in [0.1, 0.15) is 30.4 Å². The summed E-state index contributed by atoms with van der Waals surface area (Å²) in [5.74, 6) is -0.582. The minimum absolute atomic E-state index is 0.102. The summed E-state index contributed by atoms with van der Waals surface area (Å²) in [6.07, 6.45) is 0. The molecule has 0 aliphatic heterocycles. The van der Waals surface area contributed by atoms with Crippen molar-refractivity contribution >= 4 is 16.7 Å². The van der Waals surface area contributed by atoms with Gasteiger partial charge in [0.1, 0.15) is 5.69 Å². The van der Waals surface area contributed by atoms with Crippen molar-refractivity contribution in [2.45, 2.75) is 19.9 Å². The fraction of sp³-hybridized carbons (Fsp3) is 0.231. The maximum Gasteiger partial charge on any atom is 0.265 e. The molecular formula is C13H14N2O2. The predicted molar refractivity (Wildman–Crippen MR) is 67.1 cm³/mol. The van der Waals surface area contributed by atoms with Crippen LogP contribution in [0.4, 0.5) is 0 Å². The summed E-state index contributed by atoms with van der Waals surface area (Å²) in [6.45, 7) is 3.70. The first-order valence-electron chi connectivity index (χ1n) is 5.46. The second kappa shape index (κ2) is 4.05. The molecule has 2 N–H and O–H groups in total. The number of benzene rings is 1. The van der Waals surface area contributed by atoms with Crippen LogP contribution in [0.3, 0.4) is 0 Å². The molecular weight excluding hydrogens is 216 g/mol. The molecule has 4 heteroatoms. The summed E-state index contributed by atoms with van der Waals surface area (Å²) in [4.78, 5) is 23.6. The summed E-state index contributed by atoms with van der Waals surface area (Å²) >= 11 is 0. The SMILES string of the molecule is CC(C)n1c(C(N)=O)cc2ccccc2c1=O. The van der Waals surface area contributed by atoms with Crippen molar-refractivity contribution in [2.75, 3.05) is 0 Å². The van der Waals surface area contributed by atoms with Crippen molar-refractivity contribution in [3.05, 3.63) is 46.4 Å². The highest BCUT2D eigenvalue weighted by Gasteiger charge is 2.14. The largest absolute Gasteiger partial charge is 0.364 e. The van der Waals surface area contributed by atoms with Gasteiger partial charge in [-0.25, -0.2) is 0 Å². The summed E-state index contributed by atoms with van der Waals surface area (Å²) in [5, 5.41) is 1.34. The molecule has 1 amide bonds. The number of nitrogens with two attached hydrogens (primary N) is 1. The van der Waals surface area contributed by atoms with E-state index in [4.69, 9.17) is 5.73 Å². The Morgan fingerprint density at radius 3 is 2.53 bits per heavy atom. The molecule has 0 aliphatic rings. The lowest BCUT2D eigenvalue weighted by molar-refractivity contribution is 0.0989. The lowest BCUT2D eigenvalue weighted by Crippen LogP contribution is -2.30. The number of hydrogen-bond donors (Lipinski definition) is 1. The normalized spacial score (nSPS) is 11.0. The number of carbonyl (C=O) groups excluding carboxylic acids is 1. The number of hydrogen-bond acceptors (Lipinski definition) is 2. The summed E-state index contributed by atoms with van der Waals surface area (Å²) < 4.78 is 1.44. The van der Waals surface area contributed by atoms with E-state index in [0.29, 0.717) is 5.39 Å². The van der Waals surface area contributed by atoms with Gasteiger partial charge in [-0.1, -0.05) is 18.2 Å². The van der Waals surface area contributed by atoms with Crippen LogP contribution >= 0.6 is 0 Å². The molecule has 0 spiro atoms. The average Bonchev–Trinajstić information content (AvgIpc) is 2.28. The molecule has 88 valence electrons. The minimum Gasteiger partial charge on any atom is -0.364 e. The van der Waals surface area contributed by atoms with Gasteiger partial charge < -0.3 is 10.3 Å². The van der Waals surface area contributed by atoms with Crippen molar-refractivity contribution in [1.29, 1.82) is 0 Å². The third-order valence-corrected chi connectivity index (χ3v) is 2.73.